The molecule has 9 heteroatoms. The van der Waals surface area contributed by atoms with Crippen LogP contribution >= 0.6 is 0 Å². The summed E-state index contributed by atoms with van der Waals surface area (Å²) < 4.78 is 0. The number of amides is 2. The second-order valence-corrected chi connectivity index (χ2v) is 9.33. The van der Waals surface area contributed by atoms with Crippen molar-refractivity contribution in [2.75, 3.05) is 31.2 Å². The third-order valence-electron chi connectivity index (χ3n) is 6.84. The van der Waals surface area contributed by atoms with Crippen LogP contribution in [0.15, 0.2) is 30.6 Å². The maximum Gasteiger partial charge on any atom is 0.314 e. The van der Waals surface area contributed by atoms with Crippen LogP contribution in [0.25, 0.3) is 10.9 Å². The van der Waals surface area contributed by atoms with Gasteiger partial charge in [0.05, 0.1) is 23.3 Å². The van der Waals surface area contributed by atoms with Gasteiger partial charge in [0.15, 0.2) is 0 Å². The quantitative estimate of drug-likeness (QED) is 0.519. The lowest BCUT2D eigenvalue weighted by atomic mass is 9.87. The van der Waals surface area contributed by atoms with Crippen LogP contribution in [0.1, 0.15) is 42.5 Å². The van der Waals surface area contributed by atoms with Crippen LogP contribution in [-0.2, 0) is 22.6 Å². The van der Waals surface area contributed by atoms with Crippen molar-refractivity contribution in [3.05, 3.63) is 47.3 Å². The number of rotatable bonds is 2. The van der Waals surface area contributed by atoms with E-state index in [2.05, 4.69) is 57.6 Å². The highest BCUT2D eigenvalue weighted by Crippen LogP contribution is 2.35. The lowest BCUT2D eigenvalue weighted by molar-refractivity contribution is -0.146. The Morgan fingerprint density at radius 3 is 2.94 bits per heavy atom. The Bertz CT molecular complexity index is 1220. The van der Waals surface area contributed by atoms with E-state index in [9.17, 15) is 9.59 Å². The molecule has 1 fully saturated rings. The Morgan fingerprint density at radius 2 is 2.09 bits per heavy atom. The molecule has 4 heterocycles. The molecule has 0 spiro atoms. The minimum absolute atomic E-state index is 0.119. The first-order valence-corrected chi connectivity index (χ1v) is 11.4. The van der Waals surface area contributed by atoms with Gasteiger partial charge in [0.1, 0.15) is 11.3 Å². The summed E-state index contributed by atoms with van der Waals surface area (Å²) in [6, 6.07) is 6.42. The third-order valence-corrected chi connectivity index (χ3v) is 6.84. The number of nitrogen functional groups attached to an aromatic ring is 1. The number of carbonyl (C=O) groups is 2. The van der Waals surface area contributed by atoms with Gasteiger partial charge in [-0.2, -0.15) is 5.10 Å². The van der Waals surface area contributed by atoms with Crippen LogP contribution in [0.2, 0.25) is 0 Å². The molecule has 3 aromatic rings. The molecule has 2 unspecified atom stereocenters. The molecule has 2 aliphatic rings. The molecular weight excluding hydrogens is 418 g/mol. The topological polar surface area (TPSA) is 120 Å². The molecule has 1 saturated heterocycles. The van der Waals surface area contributed by atoms with Crippen LogP contribution in [-0.4, -0.2) is 56.9 Å². The van der Waals surface area contributed by atoms with Crippen molar-refractivity contribution < 1.29 is 9.59 Å². The van der Waals surface area contributed by atoms with Gasteiger partial charge < -0.3 is 20.9 Å². The molecule has 2 aromatic heterocycles. The minimum atomic E-state index is -0.692. The Hall–Kier alpha value is -3.46. The lowest BCUT2D eigenvalue weighted by Gasteiger charge is -2.39. The van der Waals surface area contributed by atoms with Gasteiger partial charge in [-0.05, 0) is 48.9 Å². The summed E-state index contributed by atoms with van der Waals surface area (Å²) in [4.78, 5) is 34.5. The van der Waals surface area contributed by atoms with Crippen molar-refractivity contribution >= 4 is 34.2 Å². The summed E-state index contributed by atoms with van der Waals surface area (Å²) in [6.07, 6.45) is 5.94. The van der Waals surface area contributed by atoms with Crippen molar-refractivity contribution in [2.24, 2.45) is 5.92 Å². The number of fused-ring (bicyclic) bond motifs is 2. The largest absolute Gasteiger partial charge is 0.383 e. The smallest absolute Gasteiger partial charge is 0.314 e. The van der Waals surface area contributed by atoms with Gasteiger partial charge in [-0.15, -0.1) is 0 Å². The van der Waals surface area contributed by atoms with E-state index in [1.165, 1.54) is 17.3 Å². The molecule has 1 aromatic carbocycles. The third kappa shape index (κ3) is 4.04. The summed E-state index contributed by atoms with van der Waals surface area (Å²) in [7, 11) is 2.13. The van der Waals surface area contributed by atoms with E-state index in [0.29, 0.717) is 34.9 Å². The van der Waals surface area contributed by atoms with Gasteiger partial charge in [-0.25, -0.2) is 4.98 Å². The van der Waals surface area contributed by atoms with Gasteiger partial charge in [-0.1, -0.05) is 25.1 Å². The molecule has 0 saturated carbocycles. The minimum Gasteiger partial charge on any atom is -0.383 e. The molecule has 33 heavy (non-hydrogen) atoms. The van der Waals surface area contributed by atoms with Crippen molar-refractivity contribution in [1.82, 2.24) is 25.0 Å². The maximum absolute atomic E-state index is 13.3. The first-order valence-electron chi connectivity index (χ1n) is 11.4. The maximum atomic E-state index is 13.3. The molecule has 0 radical (unpaired) electrons. The molecule has 2 amide bonds. The Kier molecular flexibility index (Phi) is 5.49. The SMILES string of the molecule is CC1CCC(c2ccc3c(c2)CN(C)CC3)N(C(=O)C(=O)Nc2cnc(N)c3c[nH]nc23)C1. The monoisotopic (exact) mass is 447 g/mol. The number of carbonyl (C=O) groups excluding carboxylic acids is 2. The fraction of sp³-hybridized carbons (Fsp3) is 0.417. The van der Waals surface area contributed by atoms with E-state index in [-0.39, 0.29) is 6.04 Å². The molecule has 9 nitrogen and oxygen atoms in total. The van der Waals surface area contributed by atoms with Crippen molar-refractivity contribution in [3.8, 4) is 0 Å². The number of piperidine rings is 1. The van der Waals surface area contributed by atoms with Crippen LogP contribution in [0.3, 0.4) is 0 Å². The van der Waals surface area contributed by atoms with E-state index in [1.54, 1.807) is 11.1 Å². The standard InChI is InChI=1S/C24H29N7O2/c1-14-3-6-20(16-5-4-15-7-8-30(2)13-17(15)9-16)31(12-14)24(33)23(32)28-19-11-26-22(25)18-10-27-29-21(18)19/h4-5,9-11,14,20H,3,6-8,12-13H2,1-2H3,(H2,25,26)(H,27,29)(H,28,32). The lowest BCUT2D eigenvalue weighted by Crippen LogP contribution is -2.46. The van der Waals surface area contributed by atoms with E-state index >= 15 is 0 Å². The number of likely N-dealkylation sites (N-methyl/N-ethyl adjacent to an activating group) is 1. The highest BCUT2D eigenvalue weighted by molar-refractivity contribution is 6.40. The molecule has 0 bridgehead atoms. The average molecular weight is 448 g/mol. The predicted molar refractivity (Wildman–Crippen MR) is 126 cm³/mol. The summed E-state index contributed by atoms with van der Waals surface area (Å²) in [5, 5.41) is 10.2. The number of nitrogens with zero attached hydrogens (tertiary/aromatic N) is 4. The number of hydrogen-bond acceptors (Lipinski definition) is 6. The highest BCUT2D eigenvalue weighted by Gasteiger charge is 2.35. The van der Waals surface area contributed by atoms with E-state index in [4.69, 9.17) is 5.73 Å². The van der Waals surface area contributed by atoms with E-state index in [1.807, 2.05) is 0 Å². The Labute approximate surface area is 192 Å². The number of anilines is 2. The predicted octanol–water partition coefficient (Wildman–Crippen LogP) is 2.47. The number of hydrogen-bond donors (Lipinski definition) is 3. The molecule has 2 aliphatic heterocycles. The van der Waals surface area contributed by atoms with Crippen LogP contribution in [0.5, 0.6) is 0 Å². The molecule has 172 valence electrons. The number of nitrogens with two attached hydrogens (primary N) is 1. The van der Waals surface area contributed by atoms with Crippen LogP contribution in [0, 0.1) is 5.92 Å². The number of nitrogens with one attached hydrogen (secondary N) is 2. The molecule has 4 N–H and O–H groups in total. The van der Waals surface area contributed by atoms with Gasteiger partial charge in [0, 0.05) is 25.8 Å². The fourth-order valence-corrected chi connectivity index (χ4v) is 5.00. The Balaban J connectivity index is 1.40. The first kappa shape index (κ1) is 21.4. The van der Waals surface area contributed by atoms with Gasteiger partial charge in [-0.3, -0.25) is 14.7 Å². The number of aromatic nitrogens is 3. The second kappa shape index (κ2) is 8.47. The molecular formula is C24H29N7O2. The number of benzene rings is 1. The number of H-pyrrole nitrogens is 1. The molecule has 5 rings (SSSR count). The summed E-state index contributed by atoms with van der Waals surface area (Å²) >= 11 is 0. The normalized spacial score (nSPS) is 21.1. The van der Waals surface area contributed by atoms with Gasteiger partial charge >= 0.3 is 11.8 Å². The van der Waals surface area contributed by atoms with Crippen molar-refractivity contribution in [1.29, 1.82) is 0 Å². The van der Waals surface area contributed by atoms with E-state index < -0.39 is 11.8 Å². The summed E-state index contributed by atoms with van der Waals surface area (Å²) in [5.41, 5.74) is 10.5. The zero-order chi connectivity index (χ0) is 23.1. The van der Waals surface area contributed by atoms with Crippen molar-refractivity contribution in [2.45, 2.75) is 38.8 Å². The number of aromatic amines is 1. The van der Waals surface area contributed by atoms with Crippen LogP contribution in [0.4, 0.5) is 11.5 Å². The fourth-order valence-electron chi connectivity index (χ4n) is 5.00. The average Bonchev–Trinajstić information content (AvgIpc) is 3.31. The summed E-state index contributed by atoms with van der Waals surface area (Å²) in [5.74, 6) is -0.589. The first-order chi connectivity index (χ1) is 15.9. The number of likely N-dealkylation sites (tertiary alicyclic amines) is 1. The van der Waals surface area contributed by atoms with E-state index in [0.717, 1.165) is 37.9 Å². The van der Waals surface area contributed by atoms with Crippen LogP contribution < -0.4 is 11.1 Å². The van der Waals surface area contributed by atoms with Gasteiger partial charge in [0.25, 0.3) is 0 Å². The molecule has 2 atom stereocenters. The Morgan fingerprint density at radius 1 is 1.24 bits per heavy atom. The molecule has 0 aliphatic carbocycles. The van der Waals surface area contributed by atoms with Gasteiger partial charge in [0.2, 0.25) is 0 Å². The zero-order valence-electron chi connectivity index (χ0n) is 19.0. The summed E-state index contributed by atoms with van der Waals surface area (Å²) in [6.45, 7) is 4.63. The second-order valence-electron chi connectivity index (χ2n) is 9.33. The van der Waals surface area contributed by atoms with Crippen molar-refractivity contribution in [3.63, 3.8) is 0 Å². The number of pyridine rings is 1. The zero-order valence-corrected chi connectivity index (χ0v) is 19.0. The highest BCUT2D eigenvalue weighted by atomic mass is 16.2.